The third-order valence-corrected chi connectivity index (χ3v) is 3.42. The predicted octanol–water partition coefficient (Wildman–Crippen LogP) is 3.06. The molecule has 0 saturated carbocycles. The normalized spacial score (nSPS) is 12.9. The van der Waals surface area contributed by atoms with E-state index in [1.54, 1.807) is 0 Å². The second kappa shape index (κ2) is 7.31. The minimum absolute atomic E-state index is 0.139. The number of hydrogen-bond donors (Lipinski definition) is 3. The Morgan fingerprint density at radius 1 is 1.25 bits per heavy atom. The van der Waals surface area contributed by atoms with Crippen LogP contribution < -0.4 is 11.1 Å². The van der Waals surface area contributed by atoms with Crippen LogP contribution in [0.2, 0.25) is 0 Å². The zero-order chi connectivity index (χ0) is 15.3. The van der Waals surface area contributed by atoms with Gasteiger partial charge in [-0.1, -0.05) is 40.5 Å². The van der Waals surface area contributed by atoms with Crippen molar-refractivity contribution < 1.29 is 4.79 Å². The van der Waals surface area contributed by atoms with Crippen molar-refractivity contribution in [2.45, 2.75) is 65.8 Å². The molecule has 1 unspecified atom stereocenters. The molecule has 0 aliphatic rings. The molecular formula is C15H28N4O. The zero-order valence-electron chi connectivity index (χ0n) is 13.3. The molecule has 1 aromatic heterocycles. The van der Waals surface area contributed by atoms with Crippen LogP contribution in [-0.4, -0.2) is 22.1 Å². The molecule has 0 fully saturated rings. The second-order valence-corrected chi connectivity index (χ2v) is 6.25. The number of aromatic nitrogens is 2. The van der Waals surface area contributed by atoms with Crippen molar-refractivity contribution in [2.75, 3.05) is 5.73 Å². The molecule has 114 valence electrons. The monoisotopic (exact) mass is 280 g/mol. The number of rotatable bonds is 7. The molecule has 1 aromatic rings. The Balaban J connectivity index is 2.54. The van der Waals surface area contributed by atoms with Gasteiger partial charge in [0.25, 0.3) is 5.91 Å². The molecule has 5 heteroatoms. The molecule has 0 bridgehead atoms. The van der Waals surface area contributed by atoms with Gasteiger partial charge in [-0.05, 0) is 25.2 Å². The molecule has 20 heavy (non-hydrogen) atoms. The maximum atomic E-state index is 12.1. The number of H-pyrrole nitrogens is 1. The van der Waals surface area contributed by atoms with Crippen LogP contribution in [0.4, 0.5) is 5.69 Å². The average molecular weight is 280 g/mol. The summed E-state index contributed by atoms with van der Waals surface area (Å²) in [4.78, 5) is 12.1. The van der Waals surface area contributed by atoms with E-state index in [4.69, 9.17) is 5.73 Å². The summed E-state index contributed by atoms with van der Waals surface area (Å²) in [6, 6.07) is 0.139. The zero-order valence-corrected chi connectivity index (χ0v) is 13.3. The highest BCUT2D eigenvalue weighted by molar-refractivity contribution is 5.97. The van der Waals surface area contributed by atoms with Crippen molar-refractivity contribution in [3.8, 4) is 0 Å². The van der Waals surface area contributed by atoms with Gasteiger partial charge in [0.05, 0.1) is 11.4 Å². The van der Waals surface area contributed by atoms with Gasteiger partial charge in [0, 0.05) is 6.04 Å². The van der Waals surface area contributed by atoms with Crippen LogP contribution in [0.15, 0.2) is 0 Å². The molecule has 0 aromatic carbocycles. The smallest absolute Gasteiger partial charge is 0.274 e. The lowest BCUT2D eigenvalue weighted by atomic mass is 10.0. The van der Waals surface area contributed by atoms with Crippen molar-refractivity contribution in [3.05, 3.63) is 11.4 Å². The van der Waals surface area contributed by atoms with Crippen molar-refractivity contribution in [1.29, 1.82) is 0 Å². The fraction of sp³-hybridized carbons (Fsp3) is 0.733. The van der Waals surface area contributed by atoms with Gasteiger partial charge in [-0.15, -0.1) is 0 Å². The minimum Gasteiger partial charge on any atom is -0.395 e. The summed E-state index contributed by atoms with van der Waals surface area (Å²) in [5.74, 6) is 0.740. The maximum absolute atomic E-state index is 12.1. The molecule has 0 aliphatic carbocycles. The highest BCUT2D eigenvalue weighted by Gasteiger charge is 2.19. The Labute approximate surface area is 121 Å². The fourth-order valence-corrected chi connectivity index (χ4v) is 2.17. The van der Waals surface area contributed by atoms with Crippen LogP contribution in [0.25, 0.3) is 0 Å². The Morgan fingerprint density at radius 3 is 2.40 bits per heavy atom. The number of carbonyl (C=O) groups is 1. The van der Waals surface area contributed by atoms with Crippen LogP contribution in [0.1, 0.15) is 76.0 Å². The first-order valence-electron chi connectivity index (χ1n) is 7.47. The molecule has 5 nitrogen and oxygen atoms in total. The maximum Gasteiger partial charge on any atom is 0.274 e. The number of nitrogens with two attached hydrogens (primary N) is 1. The molecular weight excluding hydrogens is 252 g/mol. The minimum atomic E-state index is -0.192. The number of nitrogens with one attached hydrogen (secondary N) is 2. The molecule has 1 rings (SSSR count). The molecule has 1 amide bonds. The predicted molar refractivity (Wildman–Crippen MR) is 82.7 cm³/mol. The van der Waals surface area contributed by atoms with Crippen LogP contribution in [-0.2, 0) is 0 Å². The van der Waals surface area contributed by atoms with E-state index in [1.807, 2.05) is 20.8 Å². The number of carbonyl (C=O) groups excluding carboxylic acids is 1. The molecule has 0 radical (unpaired) electrons. The third-order valence-electron chi connectivity index (χ3n) is 3.42. The third kappa shape index (κ3) is 4.54. The molecule has 0 aliphatic heterocycles. The average Bonchev–Trinajstić information content (AvgIpc) is 2.70. The molecule has 4 N–H and O–H groups in total. The fourth-order valence-electron chi connectivity index (χ4n) is 2.17. The standard InChI is InChI=1S/C15H28N4O/c1-9(2)7-6-8-11(5)17-15(20)14-12(16)13(10(3)4)18-19-14/h9-11H,6-8,16H2,1-5H3,(H,17,20)(H,18,19). The van der Waals surface area contributed by atoms with Gasteiger partial charge in [0.15, 0.2) is 5.69 Å². The molecule has 1 heterocycles. The first kappa shape index (κ1) is 16.5. The largest absolute Gasteiger partial charge is 0.395 e. The van der Waals surface area contributed by atoms with Gasteiger partial charge in [0.2, 0.25) is 0 Å². The highest BCUT2D eigenvalue weighted by Crippen LogP contribution is 2.22. The van der Waals surface area contributed by atoms with Crippen molar-refractivity contribution in [1.82, 2.24) is 15.5 Å². The lowest BCUT2D eigenvalue weighted by Crippen LogP contribution is -2.33. The number of anilines is 1. The summed E-state index contributed by atoms with van der Waals surface area (Å²) in [5, 5.41) is 9.85. The highest BCUT2D eigenvalue weighted by atomic mass is 16.2. The molecule has 0 spiro atoms. The van der Waals surface area contributed by atoms with Crippen molar-refractivity contribution >= 4 is 11.6 Å². The summed E-state index contributed by atoms with van der Waals surface area (Å²) in [6.45, 7) is 10.5. The van der Waals surface area contributed by atoms with Gasteiger partial charge in [0.1, 0.15) is 0 Å². The van der Waals surface area contributed by atoms with Crippen LogP contribution in [0.3, 0.4) is 0 Å². The summed E-state index contributed by atoms with van der Waals surface area (Å²) in [7, 11) is 0. The second-order valence-electron chi connectivity index (χ2n) is 6.25. The van der Waals surface area contributed by atoms with E-state index in [-0.39, 0.29) is 17.9 Å². The van der Waals surface area contributed by atoms with Gasteiger partial charge in [-0.3, -0.25) is 9.89 Å². The van der Waals surface area contributed by atoms with Crippen molar-refractivity contribution in [3.63, 3.8) is 0 Å². The van der Waals surface area contributed by atoms with Gasteiger partial charge in [-0.2, -0.15) is 5.10 Å². The first-order valence-corrected chi connectivity index (χ1v) is 7.47. The Bertz CT molecular complexity index is 437. The number of nitrogen functional groups attached to an aromatic ring is 1. The van der Waals surface area contributed by atoms with E-state index in [9.17, 15) is 4.79 Å². The van der Waals surface area contributed by atoms with Gasteiger partial charge in [-0.25, -0.2) is 0 Å². The number of aromatic amines is 1. The molecule has 0 saturated heterocycles. The first-order chi connectivity index (χ1) is 9.32. The SMILES string of the molecule is CC(C)CCCC(C)NC(=O)c1n[nH]c(C(C)C)c1N. The van der Waals surface area contributed by atoms with Crippen LogP contribution in [0, 0.1) is 5.92 Å². The molecule has 1 atom stereocenters. The van der Waals surface area contributed by atoms with E-state index < -0.39 is 0 Å². The summed E-state index contributed by atoms with van der Waals surface area (Å²) in [5.41, 5.74) is 7.56. The van der Waals surface area contributed by atoms with Gasteiger partial charge < -0.3 is 11.1 Å². The van der Waals surface area contributed by atoms with E-state index in [1.165, 1.54) is 6.42 Å². The number of hydrogen-bond acceptors (Lipinski definition) is 3. The summed E-state index contributed by atoms with van der Waals surface area (Å²) < 4.78 is 0. The van der Waals surface area contributed by atoms with E-state index in [0.29, 0.717) is 17.3 Å². The van der Waals surface area contributed by atoms with Crippen LogP contribution in [0.5, 0.6) is 0 Å². The quantitative estimate of drug-likeness (QED) is 0.717. The van der Waals surface area contributed by atoms with Crippen molar-refractivity contribution in [2.24, 2.45) is 5.92 Å². The van der Waals surface area contributed by atoms with E-state index >= 15 is 0 Å². The summed E-state index contributed by atoms with van der Waals surface area (Å²) >= 11 is 0. The van der Waals surface area contributed by atoms with Gasteiger partial charge >= 0.3 is 0 Å². The Hall–Kier alpha value is -1.52. The topological polar surface area (TPSA) is 83.8 Å². The lowest BCUT2D eigenvalue weighted by Gasteiger charge is -2.14. The van der Waals surface area contributed by atoms with Crippen LogP contribution >= 0.6 is 0 Å². The summed E-state index contributed by atoms with van der Waals surface area (Å²) in [6.07, 6.45) is 3.28. The number of amides is 1. The Kier molecular flexibility index (Phi) is 6.05. The number of nitrogens with zero attached hydrogens (tertiary/aromatic N) is 1. The lowest BCUT2D eigenvalue weighted by molar-refractivity contribution is 0.0933. The van der Waals surface area contributed by atoms with E-state index in [0.717, 1.165) is 18.5 Å². The van der Waals surface area contributed by atoms with E-state index in [2.05, 4.69) is 29.4 Å². The Morgan fingerprint density at radius 2 is 1.90 bits per heavy atom.